The highest BCUT2D eigenvalue weighted by Crippen LogP contribution is 2.40. The lowest BCUT2D eigenvalue weighted by atomic mass is 10.1. The average molecular weight is 249 g/mol. The predicted octanol–water partition coefficient (Wildman–Crippen LogP) is 1.85. The summed E-state index contributed by atoms with van der Waals surface area (Å²) in [4.78, 5) is 2.63. The molecule has 2 aliphatic rings. The fourth-order valence-electron chi connectivity index (χ4n) is 2.75. The lowest BCUT2D eigenvalue weighted by Gasteiger charge is -2.28. The molecule has 1 aromatic heterocycles. The van der Waals surface area contributed by atoms with E-state index in [1.165, 1.54) is 25.7 Å². The molecule has 2 fully saturated rings. The minimum Gasteiger partial charge on any atom is -0.290 e. The summed E-state index contributed by atoms with van der Waals surface area (Å²) in [5.41, 5.74) is 0. The van der Waals surface area contributed by atoms with Crippen molar-refractivity contribution in [3.63, 3.8) is 0 Å². The molecule has 0 radical (unpaired) electrons. The zero-order chi connectivity index (χ0) is 12.5. The molecule has 0 amide bonds. The third-order valence-electron chi connectivity index (χ3n) is 4.21. The van der Waals surface area contributed by atoms with Gasteiger partial charge < -0.3 is 0 Å². The van der Waals surface area contributed by atoms with Crippen LogP contribution in [0.25, 0.3) is 0 Å². The van der Waals surface area contributed by atoms with E-state index in [1.54, 1.807) is 0 Å². The average Bonchev–Trinajstić information content (AvgIpc) is 3.25. The zero-order valence-corrected chi connectivity index (χ0v) is 11.4. The Kier molecular flexibility index (Phi) is 3.33. The molecular formula is C13H23N5. The molecule has 3 rings (SSSR count). The van der Waals surface area contributed by atoms with Crippen LogP contribution in [0.3, 0.4) is 0 Å². The van der Waals surface area contributed by atoms with Crippen molar-refractivity contribution in [2.75, 3.05) is 0 Å². The van der Waals surface area contributed by atoms with Crippen LogP contribution in [0.2, 0.25) is 0 Å². The van der Waals surface area contributed by atoms with Gasteiger partial charge in [0.2, 0.25) is 0 Å². The van der Waals surface area contributed by atoms with Crippen LogP contribution in [0.15, 0.2) is 0 Å². The van der Waals surface area contributed by atoms with E-state index >= 15 is 0 Å². The molecule has 100 valence electrons. The Labute approximate surface area is 109 Å². The summed E-state index contributed by atoms with van der Waals surface area (Å²) < 4.78 is 1.97. The molecule has 5 nitrogen and oxygen atoms in total. The molecule has 2 saturated carbocycles. The topological polar surface area (TPSA) is 46.8 Å². The van der Waals surface area contributed by atoms with Crippen molar-refractivity contribution >= 4 is 0 Å². The molecule has 1 aromatic rings. The Morgan fingerprint density at radius 1 is 1.33 bits per heavy atom. The van der Waals surface area contributed by atoms with Gasteiger partial charge in [0.1, 0.15) is 0 Å². The van der Waals surface area contributed by atoms with E-state index < -0.39 is 0 Å². The maximum atomic E-state index is 4.21. The quantitative estimate of drug-likeness (QED) is 0.740. The summed E-state index contributed by atoms with van der Waals surface area (Å²) in [6.07, 6.45) is 6.60. The Morgan fingerprint density at radius 3 is 2.72 bits per heavy atom. The van der Waals surface area contributed by atoms with E-state index in [-0.39, 0.29) is 0 Å². The largest absolute Gasteiger partial charge is 0.290 e. The van der Waals surface area contributed by atoms with Gasteiger partial charge in [0.25, 0.3) is 0 Å². The monoisotopic (exact) mass is 249 g/mol. The molecule has 1 heterocycles. The minimum atomic E-state index is 0.698. The molecule has 0 aromatic carbocycles. The van der Waals surface area contributed by atoms with Gasteiger partial charge in [0, 0.05) is 18.6 Å². The Hall–Kier alpha value is -0.970. The summed E-state index contributed by atoms with van der Waals surface area (Å²) in [5, 5.41) is 12.1. The number of aromatic nitrogens is 4. The van der Waals surface area contributed by atoms with Gasteiger partial charge in [0.05, 0.1) is 6.54 Å². The molecule has 0 spiro atoms. The first-order valence-corrected chi connectivity index (χ1v) is 7.30. The second-order valence-electron chi connectivity index (χ2n) is 5.80. The first-order chi connectivity index (χ1) is 8.79. The van der Waals surface area contributed by atoms with E-state index in [9.17, 15) is 0 Å². The van der Waals surface area contributed by atoms with E-state index in [2.05, 4.69) is 34.3 Å². The highest BCUT2D eigenvalue weighted by Gasteiger charge is 2.39. The first kappa shape index (κ1) is 12.1. The van der Waals surface area contributed by atoms with Crippen molar-refractivity contribution in [2.24, 2.45) is 5.92 Å². The molecule has 0 aliphatic heterocycles. The van der Waals surface area contributed by atoms with Crippen molar-refractivity contribution in [1.82, 2.24) is 25.1 Å². The smallest absolute Gasteiger partial charge is 0.165 e. The molecule has 2 aliphatic carbocycles. The van der Waals surface area contributed by atoms with Crippen molar-refractivity contribution in [2.45, 2.75) is 71.1 Å². The molecule has 0 N–H and O–H groups in total. The molecule has 1 unspecified atom stereocenters. The summed E-state index contributed by atoms with van der Waals surface area (Å²) in [6, 6.07) is 1.48. The number of aryl methyl sites for hydroxylation is 1. The number of hydrogen-bond acceptors (Lipinski definition) is 4. The van der Waals surface area contributed by atoms with Crippen LogP contribution >= 0.6 is 0 Å². The van der Waals surface area contributed by atoms with Crippen LogP contribution in [0, 0.1) is 5.92 Å². The van der Waals surface area contributed by atoms with Gasteiger partial charge in [-0.15, -0.1) is 5.10 Å². The van der Waals surface area contributed by atoms with Crippen LogP contribution < -0.4 is 0 Å². The second kappa shape index (κ2) is 4.96. The number of rotatable bonds is 7. The number of tetrazole rings is 1. The van der Waals surface area contributed by atoms with Gasteiger partial charge in [-0.25, -0.2) is 4.68 Å². The van der Waals surface area contributed by atoms with Gasteiger partial charge in [-0.3, -0.25) is 4.90 Å². The Morgan fingerprint density at radius 2 is 2.11 bits per heavy atom. The van der Waals surface area contributed by atoms with Crippen LogP contribution in [0.5, 0.6) is 0 Å². The zero-order valence-electron chi connectivity index (χ0n) is 11.4. The first-order valence-electron chi connectivity index (χ1n) is 7.30. The predicted molar refractivity (Wildman–Crippen MR) is 68.9 cm³/mol. The van der Waals surface area contributed by atoms with Crippen molar-refractivity contribution in [3.8, 4) is 0 Å². The van der Waals surface area contributed by atoms with Crippen LogP contribution in [-0.4, -0.2) is 37.2 Å². The summed E-state index contributed by atoms with van der Waals surface area (Å²) in [6.45, 7) is 6.40. The van der Waals surface area contributed by atoms with E-state index in [1.807, 2.05) is 4.68 Å². The maximum absolute atomic E-state index is 4.21. The van der Waals surface area contributed by atoms with Crippen molar-refractivity contribution in [3.05, 3.63) is 5.82 Å². The van der Waals surface area contributed by atoms with Gasteiger partial charge >= 0.3 is 0 Å². The van der Waals surface area contributed by atoms with Gasteiger partial charge in [0.15, 0.2) is 5.82 Å². The molecule has 0 bridgehead atoms. The van der Waals surface area contributed by atoms with Crippen LogP contribution in [0.4, 0.5) is 0 Å². The van der Waals surface area contributed by atoms with E-state index in [4.69, 9.17) is 0 Å². The third-order valence-corrected chi connectivity index (χ3v) is 4.21. The standard InChI is InChI=1S/C13H23N5/c1-3-8-18-13(14-15-16-18)9-17(12-6-7-12)10(2)11-4-5-11/h10-12H,3-9H2,1-2H3. The van der Waals surface area contributed by atoms with Gasteiger partial charge in [-0.2, -0.15) is 0 Å². The lowest BCUT2D eigenvalue weighted by Crippen LogP contribution is -2.37. The summed E-state index contributed by atoms with van der Waals surface area (Å²) >= 11 is 0. The van der Waals surface area contributed by atoms with Gasteiger partial charge in [-0.1, -0.05) is 6.92 Å². The minimum absolute atomic E-state index is 0.698. The Balaban J connectivity index is 1.69. The molecular weight excluding hydrogens is 226 g/mol. The molecule has 0 saturated heterocycles. The highest BCUT2D eigenvalue weighted by molar-refractivity contribution is 4.96. The molecule has 1 atom stereocenters. The highest BCUT2D eigenvalue weighted by atomic mass is 15.5. The lowest BCUT2D eigenvalue weighted by molar-refractivity contribution is 0.163. The Bertz CT molecular complexity index is 394. The SMILES string of the molecule is CCCn1nnnc1CN(C1CC1)C(C)C1CC1. The number of nitrogens with zero attached hydrogens (tertiary/aromatic N) is 5. The van der Waals surface area contributed by atoms with Crippen molar-refractivity contribution < 1.29 is 0 Å². The molecule has 18 heavy (non-hydrogen) atoms. The number of hydrogen-bond donors (Lipinski definition) is 0. The van der Waals surface area contributed by atoms with E-state index in [0.29, 0.717) is 6.04 Å². The second-order valence-corrected chi connectivity index (χ2v) is 5.80. The fourth-order valence-corrected chi connectivity index (χ4v) is 2.75. The molecule has 5 heteroatoms. The van der Waals surface area contributed by atoms with E-state index in [0.717, 1.165) is 37.3 Å². The van der Waals surface area contributed by atoms with Crippen LogP contribution in [-0.2, 0) is 13.1 Å². The fraction of sp³-hybridized carbons (Fsp3) is 0.923. The summed E-state index contributed by atoms with van der Waals surface area (Å²) in [5.74, 6) is 1.96. The maximum Gasteiger partial charge on any atom is 0.165 e. The summed E-state index contributed by atoms with van der Waals surface area (Å²) in [7, 11) is 0. The normalized spacial score (nSPS) is 21.5. The van der Waals surface area contributed by atoms with Crippen LogP contribution in [0.1, 0.15) is 51.8 Å². The van der Waals surface area contributed by atoms with Crippen molar-refractivity contribution in [1.29, 1.82) is 0 Å². The third kappa shape index (κ3) is 2.55. The van der Waals surface area contributed by atoms with Gasteiger partial charge in [-0.05, 0) is 55.4 Å².